The number of ether oxygens (including phenoxy) is 1. The maximum atomic E-state index is 13.2. The Balaban J connectivity index is 1.82. The highest BCUT2D eigenvalue weighted by atomic mass is 16.5. The van der Waals surface area contributed by atoms with Gasteiger partial charge in [0.2, 0.25) is 0 Å². The quantitative estimate of drug-likeness (QED) is 0.308. The number of ketones is 1. The Morgan fingerprint density at radius 2 is 1.53 bits per heavy atom. The first kappa shape index (κ1) is 23.3. The molecule has 1 unspecified atom stereocenters. The molecule has 34 heavy (non-hydrogen) atoms. The van der Waals surface area contributed by atoms with Gasteiger partial charge in [0.1, 0.15) is 11.5 Å². The van der Waals surface area contributed by atoms with Crippen molar-refractivity contribution in [3.05, 3.63) is 107 Å². The van der Waals surface area contributed by atoms with Crippen molar-refractivity contribution in [2.75, 3.05) is 7.11 Å². The first-order valence-corrected chi connectivity index (χ1v) is 11.3. The Labute approximate surface area is 200 Å². The lowest BCUT2D eigenvalue weighted by molar-refractivity contribution is -0.140. The van der Waals surface area contributed by atoms with E-state index in [-0.39, 0.29) is 23.3 Å². The van der Waals surface area contributed by atoms with E-state index >= 15 is 0 Å². The molecule has 1 saturated heterocycles. The second-order valence-electron chi connectivity index (χ2n) is 9.51. The molecular weight excluding hydrogens is 426 g/mol. The zero-order valence-electron chi connectivity index (χ0n) is 19.9. The van der Waals surface area contributed by atoms with E-state index in [0.717, 1.165) is 16.7 Å². The number of Topliss-reactive ketones (excluding diaryl/α,β-unsaturated/α-hetero) is 1. The molecule has 0 aliphatic carbocycles. The number of hydrogen-bond donors (Lipinski definition) is 1. The third-order valence-corrected chi connectivity index (χ3v) is 6.19. The predicted octanol–water partition coefficient (Wildman–Crippen LogP) is 5.61. The minimum Gasteiger partial charge on any atom is -0.507 e. The van der Waals surface area contributed by atoms with Crippen molar-refractivity contribution < 1.29 is 19.4 Å². The third-order valence-electron chi connectivity index (χ3n) is 6.19. The zero-order chi connectivity index (χ0) is 24.5. The van der Waals surface area contributed by atoms with E-state index < -0.39 is 17.7 Å². The van der Waals surface area contributed by atoms with Gasteiger partial charge in [-0.1, -0.05) is 87.5 Å². The maximum absolute atomic E-state index is 13.2. The molecule has 1 atom stereocenters. The van der Waals surface area contributed by atoms with Gasteiger partial charge in [0, 0.05) is 12.1 Å². The summed E-state index contributed by atoms with van der Waals surface area (Å²) in [6.45, 7) is 6.62. The first-order valence-electron chi connectivity index (χ1n) is 11.3. The van der Waals surface area contributed by atoms with Gasteiger partial charge >= 0.3 is 0 Å². The Bertz CT molecular complexity index is 1220. The topological polar surface area (TPSA) is 66.8 Å². The van der Waals surface area contributed by atoms with E-state index in [1.807, 2.05) is 54.6 Å². The number of likely N-dealkylation sites (tertiary alicyclic amines) is 1. The summed E-state index contributed by atoms with van der Waals surface area (Å²) in [7, 11) is 1.60. The van der Waals surface area contributed by atoms with Crippen LogP contribution in [-0.2, 0) is 21.5 Å². The Kier molecular flexibility index (Phi) is 6.29. The predicted molar refractivity (Wildman–Crippen MR) is 132 cm³/mol. The third kappa shape index (κ3) is 4.46. The summed E-state index contributed by atoms with van der Waals surface area (Å²) in [6.07, 6.45) is 0. The summed E-state index contributed by atoms with van der Waals surface area (Å²) in [5.74, 6) is -0.761. The van der Waals surface area contributed by atoms with Crippen molar-refractivity contribution in [1.82, 2.24) is 4.90 Å². The fourth-order valence-electron chi connectivity index (χ4n) is 4.23. The second kappa shape index (κ2) is 9.18. The van der Waals surface area contributed by atoms with Crippen LogP contribution < -0.4 is 4.74 Å². The van der Waals surface area contributed by atoms with Crippen LogP contribution in [0.25, 0.3) is 5.76 Å². The number of aliphatic hydroxyl groups excluding tert-OH is 1. The Morgan fingerprint density at radius 3 is 2.09 bits per heavy atom. The van der Waals surface area contributed by atoms with Gasteiger partial charge in [-0.3, -0.25) is 9.59 Å². The molecule has 4 rings (SSSR count). The number of hydrogen-bond acceptors (Lipinski definition) is 4. The monoisotopic (exact) mass is 455 g/mol. The lowest BCUT2D eigenvalue weighted by Crippen LogP contribution is -2.29. The highest BCUT2D eigenvalue weighted by Crippen LogP contribution is 2.40. The van der Waals surface area contributed by atoms with Crippen molar-refractivity contribution in [2.45, 2.75) is 38.8 Å². The van der Waals surface area contributed by atoms with Crippen molar-refractivity contribution in [3.8, 4) is 5.75 Å². The fourth-order valence-corrected chi connectivity index (χ4v) is 4.23. The summed E-state index contributed by atoms with van der Waals surface area (Å²) in [6, 6.07) is 23.5. The molecule has 1 aliphatic rings. The molecule has 1 aliphatic heterocycles. The highest BCUT2D eigenvalue weighted by Gasteiger charge is 2.46. The lowest BCUT2D eigenvalue weighted by Gasteiger charge is -2.26. The van der Waals surface area contributed by atoms with Crippen LogP contribution in [0.2, 0.25) is 0 Å². The van der Waals surface area contributed by atoms with E-state index in [9.17, 15) is 14.7 Å². The molecule has 3 aromatic carbocycles. The van der Waals surface area contributed by atoms with Gasteiger partial charge in [0.05, 0.1) is 18.7 Å². The molecule has 1 heterocycles. The van der Waals surface area contributed by atoms with Gasteiger partial charge in [-0.2, -0.15) is 0 Å². The van der Waals surface area contributed by atoms with Crippen molar-refractivity contribution >= 4 is 17.4 Å². The summed E-state index contributed by atoms with van der Waals surface area (Å²) in [5, 5.41) is 11.1. The standard InChI is InChI=1S/C29H29NO4/c1-29(2,3)22-14-12-20(13-15-22)25-24(26(31)21-8-6-5-7-9-21)27(32)28(33)30(25)18-19-10-16-23(34-4)17-11-19/h5-17,25,31H,18H2,1-4H3/b26-24-. The number of benzene rings is 3. The average molecular weight is 456 g/mol. The van der Waals surface area contributed by atoms with Crippen LogP contribution in [0.15, 0.2) is 84.4 Å². The normalized spacial score (nSPS) is 17.8. The summed E-state index contributed by atoms with van der Waals surface area (Å²) < 4.78 is 5.23. The number of nitrogens with zero attached hydrogens (tertiary/aromatic N) is 1. The molecule has 5 nitrogen and oxygen atoms in total. The molecule has 1 fully saturated rings. The van der Waals surface area contributed by atoms with Crippen LogP contribution in [-0.4, -0.2) is 28.8 Å². The zero-order valence-corrected chi connectivity index (χ0v) is 19.9. The highest BCUT2D eigenvalue weighted by molar-refractivity contribution is 6.46. The molecule has 1 N–H and O–H groups in total. The number of rotatable bonds is 5. The Hall–Kier alpha value is -3.86. The molecule has 0 aromatic heterocycles. The number of carbonyl (C=O) groups is 2. The second-order valence-corrected chi connectivity index (χ2v) is 9.51. The minimum atomic E-state index is -0.698. The molecule has 0 radical (unpaired) electrons. The van der Waals surface area contributed by atoms with E-state index in [2.05, 4.69) is 20.8 Å². The molecule has 0 bridgehead atoms. The van der Waals surface area contributed by atoms with Crippen LogP contribution in [0.3, 0.4) is 0 Å². The SMILES string of the molecule is COc1ccc(CN2C(=O)C(=O)/C(=C(\O)c3ccccc3)C2c2ccc(C(C)(C)C)cc2)cc1. The Morgan fingerprint density at radius 1 is 0.912 bits per heavy atom. The van der Waals surface area contributed by atoms with E-state index in [1.165, 1.54) is 4.90 Å². The molecule has 0 saturated carbocycles. The van der Waals surface area contributed by atoms with Crippen molar-refractivity contribution in [1.29, 1.82) is 0 Å². The number of carbonyl (C=O) groups excluding carboxylic acids is 2. The summed E-state index contributed by atoms with van der Waals surface area (Å²) in [5.41, 5.74) is 3.35. The van der Waals surface area contributed by atoms with Crippen molar-refractivity contribution in [3.63, 3.8) is 0 Å². The van der Waals surface area contributed by atoms with Crippen LogP contribution in [0.5, 0.6) is 5.75 Å². The van der Waals surface area contributed by atoms with Crippen LogP contribution in [0.4, 0.5) is 0 Å². The smallest absolute Gasteiger partial charge is 0.295 e. The molecule has 0 spiro atoms. The largest absolute Gasteiger partial charge is 0.507 e. The van der Waals surface area contributed by atoms with Gasteiger partial charge in [-0.15, -0.1) is 0 Å². The maximum Gasteiger partial charge on any atom is 0.295 e. The van der Waals surface area contributed by atoms with Gasteiger partial charge in [-0.25, -0.2) is 0 Å². The van der Waals surface area contributed by atoms with E-state index in [0.29, 0.717) is 11.3 Å². The minimum absolute atomic E-state index is 0.0343. The van der Waals surface area contributed by atoms with Crippen LogP contribution >= 0.6 is 0 Å². The van der Waals surface area contributed by atoms with Gasteiger partial charge in [0.15, 0.2) is 0 Å². The molecular formula is C29H29NO4. The number of aliphatic hydroxyl groups is 1. The average Bonchev–Trinajstić information content (AvgIpc) is 3.09. The number of methoxy groups -OCH3 is 1. The summed E-state index contributed by atoms with van der Waals surface area (Å²) >= 11 is 0. The van der Waals surface area contributed by atoms with Gasteiger partial charge in [0.25, 0.3) is 11.7 Å². The van der Waals surface area contributed by atoms with E-state index in [1.54, 1.807) is 31.4 Å². The number of amides is 1. The van der Waals surface area contributed by atoms with Gasteiger partial charge in [-0.05, 0) is 34.2 Å². The molecule has 1 amide bonds. The van der Waals surface area contributed by atoms with Crippen molar-refractivity contribution in [2.24, 2.45) is 0 Å². The van der Waals surface area contributed by atoms with Crippen LogP contribution in [0, 0.1) is 0 Å². The fraction of sp³-hybridized carbons (Fsp3) is 0.241. The van der Waals surface area contributed by atoms with Gasteiger partial charge < -0.3 is 14.7 Å². The first-order chi connectivity index (χ1) is 16.2. The lowest BCUT2D eigenvalue weighted by atomic mass is 9.85. The van der Waals surface area contributed by atoms with E-state index in [4.69, 9.17) is 4.74 Å². The molecule has 3 aromatic rings. The summed E-state index contributed by atoms with van der Waals surface area (Å²) in [4.78, 5) is 27.9. The molecule has 174 valence electrons. The van der Waals surface area contributed by atoms with Crippen LogP contribution in [0.1, 0.15) is 49.1 Å². The molecule has 5 heteroatoms.